The Morgan fingerprint density at radius 2 is 1.03 bits per heavy atom. The van der Waals surface area contributed by atoms with Crippen LogP contribution in [-0.4, -0.2) is 19.5 Å². The lowest BCUT2D eigenvalue weighted by Gasteiger charge is -2.16. The molecule has 6 heteroatoms. The summed E-state index contributed by atoms with van der Waals surface area (Å²) < 4.78 is 64.3. The third-order valence-corrected chi connectivity index (χ3v) is 13.0. The third-order valence-electron chi connectivity index (χ3n) is 11.8. The van der Waals surface area contributed by atoms with E-state index in [-0.39, 0.29) is 58.1 Å². The lowest BCUT2D eigenvalue weighted by molar-refractivity contribution is 0.670. The molecule has 0 unspecified atom stereocenters. The van der Waals surface area contributed by atoms with Crippen LogP contribution >= 0.6 is 11.3 Å². The Labute approximate surface area is 374 Å². The molecule has 0 bridgehead atoms. The predicted octanol–water partition coefficient (Wildman–Crippen LogP) is 15.6. The molecule has 0 amide bonds. The summed E-state index contributed by atoms with van der Waals surface area (Å²) in [7, 11) is 0. The van der Waals surface area contributed by atoms with Gasteiger partial charge in [0.15, 0.2) is 17.5 Å². The average Bonchev–Trinajstić information content (AvgIpc) is 4.08. The molecule has 9 aromatic carbocycles. The second-order valence-corrected chi connectivity index (χ2v) is 16.5. The molecule has 13 aromatic rings. The molecule has 0 fully saturated rings. The highest BCUT2D eigenvalue weighted by molar-refractivity contribution is 7.26. The van der Waals surface area contributed by atoms with Gasteiger partial charge in [0.25, 0.3) is 0 Å². The Kier molecular flexibility index (Phi) is 6.75. The number of para-hydroxylation sites is 4. The van der Waals surface area contributed by atoms with Crippen LogP contribution in [0.5, 0.6) is 0 Å². The van der Waals surface area contributed by atoms with E-state index in [0.29, 0.717) is 28.7 Å². The van der Waals surface area contributed by atoms with Crippen molar-refractivity contribution in [1.29, 1.82) is 0 Å². The molecule has 63 heavy (non-hydrogen) atoms. The van der Waals surface area contributed by atoms with Gasteiger partial charge in [0, 0.05) is 69.5 Å². The minimum Gasteiger partial charge on any atom is -0.455 e. The normalized spacial score (nSPS) is 13.1. The van der Waals surface area contributed by atoms with E-state index in [1.807, 2.05) is 115 Å². The minimum atomic E-state index is -0.165. The van der Waals surface area contributed by atoms with Gasteiger partial charge in [0.1, 0.15) is 11.2 Å². The number of fused-ring (bicyclic) bond motifs is 9. The van der Waals surface area contributed by atoms with Gasteiger partial charge in [0.2, 0.25) is 0 Å². The van der Waals surface area contributed by atoms with Gasteiger partial charge in [-0.05, 0) is 53.5 Å². The van der Waals surface area contributed by atoms with Crippen molar-refractivity contribution in [2.24, 2.45) is 0 Å². The van der Waals surface area contributed by atoms with Gasteiger partial charge >= 0.3 is 0 Å². The molecule has 0 aliphatic carbocycles. The first kappa shape index (κ1) is 29.9. The van der Waals surface area contributed by atoms with Gasteiger partial charge in [-0.15, -0.1) is 11.3 Å². The summed E-state index contributed by atoms with van der Waals surface area (Å²) in [5, 5.41) is 4.48. The van der Waals surface area contributed by atoms with Crippen molar-refractivity contribution in [3.8, 4) is 62.1 Å². The SMILES string of the molecule is [2H]c1cc([2H])c2c(c1[2H])c1c([2H])c([2H])cc([2H])c1n2-c1ccc(-c2ccc3c(c2)sc2c(-c4nc(-c5ccccc5)nc(-c5ccccc5)n4)cccc23)cc1-c1cccc2c1oc1ccccc12. The van der Waals surface area contributed by atoms with Crippen LogP contribution in [0.1, 0.15) is 8.22 Å². The maximum Gasteiger partial charge on any atom is 0.165 e. The zero-order valence-electron chi connectivity index (χ0n) is 39.3. The molecule has 0 aliphatic heterocycles. The smallest absolute Gasteiger partial charge is 0.165 e. The van der Waals surface area contributed by atoms with Crippen molar-refractivity contribution >= 4 is 75.3 Å². The quantitative estimate of drug-likeness (QED) is 0.168. The fraction of sp³-hybridized carbons (Fsp3) is 0. The fourth-order valence-electron chi connectivity index (χ4n) is 8.92. The predicted molar refractivity (Wildman–Crippen MR) is 262 cm³/mol. The number of benzene rings is 9. The first-order chi connectivity index (χ1) is 33.7. The van der Waals surface area contributed by atoms with Gasteiger partial charge in [-0.2, -0.15) is 0 Å². The van der Waals surface area contributed by atoms with Gasteiger partial charge in [-0.25, -0.2) is 15.0 Å². The van der Waals surface area contributed by atoms with Crippen LogP contribution in [0.3, 0.4) is 0 Å². The zero-order valence-corrected chi connectivity index (χ0v) is 34.1. The monoisotopic (exact) mass is 828 g/mol. The van der Waals surface area contributed by atoms with Crippen LogP contribution in [0.25, 0.3) is 126 Å². The van der Waals surface area contributed by atoms with Crippen molar-refractivity contribution in [2.75, 3.05) is 0 Å². The van der Waals surface area contributed by atoms with Crippen molar-refractivity contribution in [3.63, 3.8) is 0 Å². The molecule has 13 rings (SSSR count). The number of hydrogen-bond acceptors (Lipinski definition) is 5. The summed E-state index contributed by atoms with van der Waals surface area (Å²) in [4.78, 5) is 15.1. The fourth-order valence-corrected chi connectivity index (χ4v) is 10.2. The van der Waals surface area contributed by atoms with Crippen LogP contribution in [0.4, 0.5) is 0 Å². The lowest BCUT2D eigenvalue weighted by atomic mass is 9.95. The van der Waals surface area contributed by atoms with Crippen molar-refractivity contribution in [1.82, 2.24) is 19.5 Å². The summed E-state index contributed by atoms with van der Waals surface area (Å²) in [6, 6.07) is 54.7. The molecule has 4 aromatic heterocycles. The molecule has 294 valence electrons. The third kappa shape index (κ3) is 5.73. The van der Waals surface area contributed by atoms with Crippen LogP contribution in [0.15, 0.2) is 211 Å². The van der Waals surface area contributed by atoms with Gasteiger partial charge < -0.3 is 8.98 Å². The Morgan fingerprint density at radius 3 is 1.76 bits per heavy atom. The molecule has 0 radical (unpaired) electrons. The van der Waals surface area contributed by atoms with Crippen molar-refractivity contribution in [2.45, 2.75) is 0 Å². The van der Waals surface area contributed by atoms with E-state index >= 15 is 0 Å². The number of hydrogen-bond donors (Lipinski definition) is 0. The molecule has 4 heterocycles. The molecular weight excluding hydrogens is 789 g/mol. The molecule has 0 aliphatic rings. The summed E-state index contributed by atoms with van der Waals surface area (Å²) in [5.41, 5.74) is 8.65. The van der Waals surface area contributed by atoms with E-state index in [4.69, 9.17) is 24.9 Å². The van der Waals surface area contributed by atoms with E-state index in [1.165, 1.54) is 12.1 Å². The number of aromatic nitrogens is 4. The number of nitrogens with zero attached hydrogens (tertiary/aromatic N) is 4. The van der Waals surface area contributed by atoms with E-state index in [0.717, 1.165) is 75.5 Å². The molecule has 0 saturated heterocycles. The summed E-state index contributed by atoms with van der Waals surface area (Å²) in [6.45, 7) is 0. The Bertz CT molecular complexity index is 4150. The van der Waals surface area contributed by atoms with Crippen molar-refractivity contribution in [3.05, 3.63) is 206 Å². The van der Waals surface area contributed by atoms with E-state index in [2.05, 4.69) is 42.5 Å². The van der Waals surface area contributed by atoms with Crippen LogP contribution in [0, 0.1) is 0 Å². The first-order valence-corrected chi connectivity index (χ1v) is 21.4. The van der Waals surface area contributed by atoms with Crippen molar-refractivity contribution < 1.29 is 12.6 Å². The van der Waals surface area contributed by atoms with E-state index in [1.54, 1.807) is 15.9 Å². The summed E-state index contributed by atoms with van der Waals surface area (Å²) in [5.74, 6) is 1.78. The highest BCUT2D eigenvalue weighted by Crippen LogP contribution is 2.45. The maximum absolute atomic E-state index is 9.25. The Balaban J connectivity index is 1.03. The highest BCUT2D eigenvalue weighted by Gasteiger charge is 2.21. The topological polar surface area (TPSA) is 56.7 Å². The molecular formula is C57H34N4OS. The van der Waals surface area contributed by atoms with Gasteiger partial charge in [0.05, 0.1) is 24.9 Å². The molecule has 5 nitrogen and oxygen atoms in total. The van der Waals surface area contributed by atoms with Crippen LogP contribution < -0.4 is 0 Å². The standard InChI is InChI=1S/C57H34N4OS/c1-3-15-35(16-4-1)55-58-56(36-17-5-2-6-18-36)60-57(59-55)46-25-14-24-45-42-31-29-38(34-52(42)63-54(45)46)37-30-32-50(61-48-26-10-7-19-39(48)40-20-8-11-27-49(40)61)47(33-37)44-23-13-22-43-41-21-9-12-28-51(41)62-53(43)44/h1-34H/i7D,8D,19D,20D,26D,27D. The lowest BCUT2D eigenvalue weighted by Crippen LogP contribution is -2.00. The number of furan rings is 1. The largest absolute Gasteiger partial charge is 0.455 e. The number of rotatable bonds is 6. The Hall–Kier alpha value is -8.19. The highest BCUT2D eigenvalue weighted by atomic mass is 32.1. The first-order valence-electron chi connectivity index (χ1n) is 23.6. The zero-order chi connectivity index (χ0) is 46.7. The molecule has 0 atom stereocenters. The molecule has 0 spiro atoms. The summed E-state index contributed by atoms with van der Waals surface area (Å²) in [6.07, 6.45) is 0. The maximum atomic E-state index is 9.25. The average molecular weight is 829 g/mol. The second-order valence-electron chi connectivity index (χ2n) is 15.4. The molecule has 0 saturated carbocycles. The minimum absolute atomic E-state index is 0.0242. The molecule has 0 N–H and O–H groups in total. The van der Waals surface area contributed by atoms with E-state index < -0.39 is 0 Å². The van der Waals surface area contributed by atoms with Gasteiger partial charge in [-0.3, -0.25) is 0 Å². The summed E-state index contributed by atoms with van der Waals surface area (Å²) >= 11 is 1.68. The van der Waals surface area contributed by atoms with Crippen LogP contribution in [0.2, 0.25) is 0 Å². The Morgan fingerprint density at radius 1 is 0.429 bits per heavy atom. The van der Waals surface area contributed by atoms with Gasteiger partial charge in [-0.1, -0.05) is 164 Å². The number of thiophene rings is 1. The van der Waals surface area contributed by atoms with Crippen LogP contribution in [-0.2, 0) is 0 Å². The van der Waals surface area contributed by atoms with E-state index in [9.17, 15) is 2.74 Å². The second kappa shape index (κ2) is 14.2.